The largest absolute Gasteiger partial charge is 0.490 e. The van der Waals surface area contributed by atoms with Gasteiger partial charge in [-0.3, -0.25) is 9.10 Å². The van der Waals surface area contributed by atoms with Gasteiger partial charge in [-0.25, -0.2) is 8.42 Å². The third-order valence-electron chi connectivity index (χ3n) is 5.10. The van der Waals surface area contributed by atoms with E-state index in [4.69, 9.17) is 9.47 Å². The lowest BCUT2D eigenvalue weighted by atomic mass is 10.1. The lowest BCUT2D eigenvalue weighted by molar-refractivity contribution is -0.121. The minimum Gasteiger partial charge on any atom is -0.490 e. The van der Waals surface area contributed by atoms with Gasteiger partial charge in [-0.05, 0) is 82.0 Å². The molecule has 2 aromatic carbocycles. The summed E-state index contributed by atoms with van der Waals surface area (Å²) in [5.74, 6) is 1.19. The molecule has 2 aromatic rings. The van der Waals surface area contributed by atoms with E-state index in [0.29, 0.717) is 36.8 Å². The Morgan fingerprint density at radius 1 is 1.00 bits per heavy atom. The molecule has 0 spiro atoms. The molecule has 0 aromatic heterocycles. The molecule has 2 rings (SSSR count). The normalized spacial score (nSPS) is 12.2. The van der Waals surface area contributed by atoms with E-state index in [1.54, 1.807) is 0 Å². The highest BCUT2D eigenvalue weighted by Gasteiger charge is 2.19. The first-order valence-corrected chi connectivity index (χ1v) is 13.1. The predicted molar refractivity (Wildman–Crippen MR) is 133 cm³/mol. The maximum atomic E-state index is 12.5. The van der Waals surface area contributed by atoms with Crippen LogP contribution in [0, 0.1) is 13.8 Å². The van der Waals surface area contributed by atoms with Gasteiger partial charge in [-0.2, -0.15) is 0 Å². The smallest absolute Gasteiger partial charge is 0.232 e. The van der Waals surface area contributed by atoms with E-state index in [-0.39, 0.29) is 24.9 Å². The van der Waals surface area contributed by atoms with Crippen LogP contribution < -0.4 is 19.1 Å². The molecule has 0 aliphatic carbocycles. The van der Waals surface area contributed by atoms with Crippen molar-refractivity contribution < 1.29 is 22.7 Å². The van der Waals surface area contributed by atoms with Crippen molar-refractivity contribution in [1.29, 1.82) is 0 Å². The van der Waals surface area contributed by atoms with E-state index in [1.165, 1.54) is 10.6 Å². The summed E-state index contributed by atoms with van der Waals surface area (Å²) in [6.07, 6.45) is 1.82. The van der Waals surface area contributed by atoms with Crippen LogP contribution in [0.5, 0.6) is 11.5 Å². The first-order valence-electron chi connectivity index (χ1n) is 11.3. The number of carbonyl (C=O) groups excluding carboxylic acids is 1. The summed E-state index contributed by atoms with van der Waals surface area (Å²) in [7, 11) is -3.46. The molecule has 0 saturated heterocycles. The summed E-state index contributed by atoms with van der Waals surface area (Å²) in [4.78, 5) is 12.5. The van der Waals surface area contributed by atoms with Gasteiger partial charge in [0.15, 0.2) is 11.5 Å². The molecule has 0 aliphatic heterocycles. The molecule has 7 nitrogen and oxygen atoms in total. The SMILES string of the molecule is CCOc1ccc([C@@H](C)NC(=O)CCCN(c2cc(C)cc(C)c2)S(C)(=O)=O)cc1OCC. The third-order valence-corrected chi connectivity index (χ3v) is 6.30. The van der Waals surface area contributed by atoms with Crippen molar-refractivity contribution in [2.75, 3.05) is 30.3 Å². The lowest BCUT2D eigenvalue weighted by Gasteiger charge is -2.23. The number of hydrogen-bond acceptors (Lipinski definition) is 5. The highest BCUT2D eigenvalue weighted by atomic mass is 32.2. The number of rotatable bonds is 12. The molecule has 0 heterocycles. The number of ether oxygens (including phenoxy) is 2. The van der Waals surface area contributed by atoms with Crippen LogP contribution in [0.25, 0.3) is 0 Å². The van der Waals surface area contributed by atoms with Crippen LogP contribution in [0.1, 0.15) is 56.3 Å². The fourth-order valence-corrected chi connectivity index (χ4v) is 4.65. The molecule has 182 valence electrons. The van der Waals surface area contributed by atoms with Gasteiger partial charge in [-0.1, -0.05) is 12.1 Å². The zero-order valence-corrected chi connectivity index (χ0v) is 21.3. The van der Waals surface area contributed by atoms with Crippen LogP contribution >= 0.6 is 0 Å². The molecule has 0 fully saturated rings. The zero-order valence-electron chi connectivity index (χ0n) is 20.5. The van der Waals surface area contributed by atoms with Gasteiger partial charge in [0.2, 0.25) is 15.9 Å². The Hall–Kier alpha value is -2.74. The van der Waals surface area contributed by atoms with Crippen molar-refractivity contribution in [3.8, 4) is 11.5 Å². The van der Waals surface area contributed by atoms with Crippen molar-refractivity contribution in [2.45, 2.75) is 53.5 Å². The number of aryl methyl sites for hydroxylation is 2. The average Bonchev–Trinajstić information content (AvgIpc) is 2.71. The minimum absolute atomic E-state index is 0.136. The van der Waals surface area contributed by atoms with E-state index in [0.717, 1.165) is 16.7 Å². The van der Waals surface area contributed by atoms with Crippen LogP contribution in [0.15, 0.2) is 36.4 Å². The molecule has 0 aliphatic rings. The van der Waals surface area contributed by atoms with Crippen molar-refractivity contribution in [3.63, 3.8) is 0 Å². The van der Waals surface area contributed by atoms with Crippen LogP contribution in [0.2, 0.25) is 0 Å². The maximum absolute atomic E-state index is 12.5. The van der Waals surface area contributed by atoms with Gasteiger partial charge < -0.3 is 14.8 Å². The molecule has 8 heteroatoms. The first kappa shape index (κ1) is 26.5. The van der Waals surface area contributed by atoms with Crippen LogP contribution in [0.3, 0.4) is 0 Å². The highest BCUT2D eigenvalue weighted by Crippen LogP contribution is 2.30. The Kier molecular flexibility index (Phi) is 9.58. The minimum atomic E-state index is -3.46. The number of anilines is 1. The van der Waals surface area contributed by atoms with Gasteiger partial charge >= 0.3 is 0 Å². The lowest BCUT2D eigenvalue weighted by Crippen LogP contribution is -2.32. The molecule has 0 unspecified atom stereocenters. The quantitative estimate of drug-likeness (QED) is 0.487. The molecule has 0 saturated carbocycles. The molecule has 0 radical (unpaired) electrons. The second kappa shape index (κ2) is 11.9. The number of sulfonamides is 1. The summed E-state index contributed by atoms with van der Waals surface area (Å²) in [5, 5.41) is 2.98. The Labute approximate surface area is 198 Å². The topological polar surface area (TPSA) is 84.9 Å². The number of hydrogen-bond donors (Lipinski definition) is 1. The van der Waals surface area contributed by atoms with E-state index < -0.39 is 10.0 Å². The van der Waals surface area contributed by atoms with Crippen molar-refractivity contribution in [3.05, 3.63) is 53.1 Å². The van der Waals surface area contributed by atoms with Crippen LogP contribution in [-0.4, -0.2) is 40.3 Å². The summed E-state index contributed by atoms with van der Waals surface area (Å²) in [6, 6.07) is 11.1. The summed E-state index contributed by atoms with van der Waals surface area (Å²) < 4.78 is 37.3. The predicted octanol–water partition coefficient (Wildman–Crippen LogP) is 4.52. The van der Waals surface area contributed by atoms with Crippen molar-refractivity contribution in [2.24, 2.45) is 0 Å². The van der Waals surface area contributed by atoms with Crippen LogP contribution in [0.4, 0.5) is 5.69 Å². The summed E-state index contributed by atoms with van der Waals surface area (Å²) >= 11 is 0. The number of nitrogens with zero attached hydrogens (tertiary/aromatic N) is 1. The van der Waals surface area contributed by atoms with Gasteiger partial charge in [0.25, 0.3) is 0 Å². The van der Waals surface area contributed by atoms with Gasteiger partial charge in [0.05, 0.1) is 31.2 Å². The number of benzene rings is 2. The summed E-state index contributed by atoms with van der Waals surface area (Å²) in [6.45, 7) is 10.9. The fraction of sp³-hybridized carbons (Fsp3) is 0.480. The molecular formula is C25H36N2O5S. The Balaban J connectivity index is 2.00. The summed E-state index contributed by atoms with van der Waals surface area (Å²) in [5.41, 5.74) is 3.52. The van der Waals surface area contributed by atoms with E-state index >= 15 is 0 Å². The average molecular weight is 477 g/mol. The molecule has 1 amide bonds. The first-order chi connectivity index (χ1) is 15.5. The molecular weight excluding hydrogens is 440 g/mol. The molecule has 33 heavy (non-hydrogen) atoms. The van der Waals surface area contributed by atoms with Crippen molar-refractivity contribution >= 4 is 21.6 Å². The van der Waals surface area contributed by atoms with Gasteiger partial charge in [-0.15, -0.1) is 0 Å². The number of carbonyl (C=O) groups is 1. The van der Waals surface area contributed by atoms with E-state index in [1.807, 2.05) is 71.0 Å². The van der Waals surface area contributed by atoms with E-state index in [9.17, 15) is 13.2 Å². The monoisotopic (exact) mass is 476 g/mol. The molecule has 1 atom stereocenters. The fourth-order valence-electron chi connectivity index (χ4n) is 3.70. The Morgan fingerprint density at radius 3 is 2.18 bits per heavy atom. The Morgan fingerprint density at radius 2 is 1.61 bits per heavy atom. The van der Waals surface area contributed by atoms with Gasteiger partial charge in [0.1, 0.15) is 0 Å². The molecule has 0 bridgehead atoms. The number of nitrogens with one attached hydrogen (secondary N) is 1. The third kappa shape index (κ3) is 7.96. The standard InChI is InChI=1S/C25H36N2O5S/c1-7-31-23-12-11-21(17-24(23)32-8-2)20(5)26-25(28)10-9-13-27(33(6,29)30)22-15-18(3)14-19(4)16-22/h11-12,14-17,20H,7-10,13H2,1-6H3,(H,26,28)/t20-/m1/s1. The van der Waals surface area contributed by atoms with E-state index in [2.05, 4.69) is 5.32 Å². The van der Waals surface area contributed by atoms with Crippen LogP contribution in [-0.2, 0) is 14.8 Å². The second-order valence-corrected chi connectivity index (χ2v) is 10.1. The van der Waals surface area contributed by atoms with Gasteiger partial charge in [0, 0.05) is 13.0 Å². The second-order valence-electron chi connectivity index (χ2n) is 8.15. The Bertz CT molecular complexity index is 1030. The number of amides is 1. The van der Waals surface area contributed by atoms with Crippen molar-refractivity contribution in [1.82, 2.24) is 5.32 Å². The maximum Gasteiger partial charge on any atom is 0.232 e. The molecule has 1 N–H and O–H groups in total. The zero-order chi connectivity index (χ0) is 24.6. The highest BCUT2D eigenvalue weighted by molar-refractivity contribution is 7.92.